The van der Waals surface area contributed by atoms with E-state index in [0.29, 0.717) is 30.6 Å². The molecule has 4 rings (SSSR count). The summed E-state index contributed by atoms with van der Waals surface area (Å²) in [6.45, 7) is 0.602. The number of anilines is 1. The second-order valence-corrected chi connectivity index (χ2v) is 8.57. The lowest BCUT2D eigenvalue weighted by Gasteiger charge is -2.19. The van der Waals surface area contributed by atoms with Gasteiger partial charge in [-0.25, -0.2) is 4.79 Å². The number of unbranched alkanes of at least 4 members (excludes halogenated alkanes) is 1. The van der Waals surface area contributed by atoms with Gasteiger partial charge in [0.25, 0.3) is 5.91 Å². The van der Waals surface area contributed by atoms with Crippen LogP contribution >= 0.6 is 0 Å². The van der Waals surface area contributed by atoms with E-state index in [0.717, 1.165) is 22.3 Å². The Kier molecular flexibility index (Phi) is 7.45. The normalized spacial score (nSPS) is 11.9. The van der Waals surface area contributed by atoms with E-state index in [4.69, 9.17) is 9.84 Å². The molecule has 1 aliphatic carbocycles. The Bertz CT molecular complexity index is 1190. The summed E-state index contributed by atoms with van der Waals surface area (Å²) in [5, 5.41) is 11.5. The van der Waals surface area contributed by atoms with E-state index in [9.17, 15) is 14.4 Å². The second kappa shape index (κ2) is 10.9. The number of carboxylic acid groups (broad SMARTS) is 1. The minimum Gasteiger partial charge on any atom is -0.481 e. The average molecular weight is 473 g/mol. The minimum absolute atomic E-state index is 0.0537. The van der Waals surface area contributed by atoms with Crippen LogP contribution in [0.25, 0.3) is 11.1 Å². The predicted octanol–water partition coefficient (Wildman–Crippen LogP) is 5.37. The van der Waals surface area contributed by atoms with Crippen molar-refractivity contribution < 1.29 is 24.2 Å². The van der Waals surface area contributed by atoms with Gasteiger partial charge in [0.15, 0.2) is 0 Å². The molecule has 3 aromatic carbocycles. The highest BCUT2D eigenvalue weighted by Crippen LogP contribution is 2.44. The Labute approximate surface area is 204 Å². The zero-order chi connectivity index (χ0) is 24.8. The van der Waals surface area contributed by atoms with Gasteiger partial charge in [-0.1, -0.05) is 60.7 Å². The van der Waals surface area contributed by atoms with Crippen molar-refractivity contribution in [3.63, 3.8) is 0 Å². The molecule has 0 radical (unpaired) electrons. The third kappa shape index (κ3) is 5.51. The van der Waals surface area contributed by atoms with Crippen molar-refractivity contribution >= 4 is 23.7 Å². The number of benzene rings is 3. The number of carbonyl (C=O) groups is 3. The monoisotopic (exact) mass is 472 g/mol. The third-order valence-corrected chi connectivity index (χ3v) is 6.22. The molecule has 0 atom stereocenters. The molecule has 0 saturated carbocycles. The first kappa shape index (κ1) is 24.0. The molecule has 2 amide bonds. The van der Waals surface area contributed by atoms with Crippen LogP contribution in [0.2, 0.25) is 0 Å². The Morgan fingerprint density at radius 2 is 1.49 bits per heavy atom. The molecule has 7 heteroatoms. The number of carboxylic acids is 1. The first-order valence-corrected chi connectivity index (χ1v) is 11.6. The Hall–Kier alpha value is -4.13. The largest absolute Gasteiger partial charge is 0.481 e. The van der Waals surface area contributed by atoms with E-state index in [1.165, 1.54) is 4.90 Å². The summed E-state index contributed by atoms with van der Waals surface area (Å²) in [6.07, 6.45) is 0.515. The van der Waals surface area contributed by atoms with Gasteiger partial charge >= 0.3 is 12.1 Å². The summed E-state index contributed by atoms with van der Waals surface area (Å²) in [6, 6.07) is 23.0. The molecule has 0 spiro atoms. The highest BCUT2D eigenvalue weighted by atomic mass is 16.5. The Morgan fingerprint density at radius 3 is 2.14 bits per heavy atom. The number of carbonyl (C=O) groups excluding carboxylic acids is 2. The van der Waals surface area contributed by atoms with E-state index >= 15 is 0 Å². The molecule has 0 fully saturated rings. The third-order valence-electron chi connectivity index (χ3n) is 6.22. The van der Waals surface area contributed by atoms with E-state index in [1.54, 1.807) is 31.3 Å². The van der Waals surface area contributed by atoms with E-state index in [1.807, 2.05) is 24.3 Å². The first-order valence-electron chi connectivity index (χ1n) is 11.6. The quantitative estimate of drug-likeness (QED) is 0.408. The average Bonchev–Trinajstić information content (AvgIpc) is 3.19. The number of hydrogen-bond acceptors (Lipinski definition) is 4. The van der Waals surface area contributed by atoms with Gasteiger partial charge in [-0.2, -0.15) is 0 Å². The molecule has 0 unspecified atom stereocenters. The Balaban J connectivity index is 1.39. The molecular weight excluding hydrogens is 444 g/mol. The van der Waals surface area contributed by atoms with Crippen LogP contribution in [0.3, 0.4) is 0 Å². The number of hydrogen-bond donors (Lipinski definition) is 2. The molecule has 0 aromatic heterocycles. The lowest BCUT2D eigenvalue weighted by atomic mass is 9.98. The SMILES string of the molecule is CN(CCCCC(=O)O)C(=O)c1ccccc1NC(=O)OCC1c2ccccc2-c2ccccc21. The first-order chi connectivity index (χ1) is 17.0. The van der Waals surface area contributed by atoms with Gasteiger partial charge in [0.2, 0.25) is 0 Å². The smallest absolute Gasteiger partial charge is 0.411 e. The maximum absolute atomic E-state index is 12.9. The van der Waals surface area contributed by atoms with Crippen molar-refractivity contribution in [3.05, 3.63) is 89.5 Å². The number of rotatable bonds is 9. The Morgan fingerprint density at radius 1 is 0.886 bits per heavy atom. The van der Waals surface area contributed by atoms with Crippen LogP contribution in [0.5, 0.6) is 0 Å². The standard InChI is InChI=1S/C28H28N2O5/c1-30(17-9-8-16-26(31)32)27(33)23-14-6-7-15-25(23)29-28(34)35-18-24-21-12-4-2-10-19(21)20-11-3-5-13-22(20)24/h2-7,10-15,24H,8-9,16-18H2,1H3,(H,29,34)(H,31,32). The maximum Gasteiger partial charge on any atom is 0.411 e. The number of para-hydroxylation sites is 1. The molecule has 7 nitrogen and oxygen atoms in total. The predicted molar refractivity (Wildman–Crippen MR) is 134 cm³/mol. The highest BCUT2D eigenvalue weighted by Gasteiger charge is 2.29. The molecule has 35 heavy (non-hydrogen) atoms. The van der Waals surface area contributed by atoms with E-state index < -0.39 is 12.1 Å². The maximum atomic E-state index is 12.9. The molecule has 3 aromatic rings. The van der Waals surface area contributed by atoms with Crippen LogP contribution in [0, 0.1) is 0 Å². The fourth-order valence-electron chi connectivity index (χ4n) is 4.46. The van der Waals surface area contributed by atoms with Crippen LogP contribution in [0.4, 0.5) is 10.5 Å². The number of nitrogens with zero attached hydrogens (tertiary/aromatic N) is 1. The number of amides is 2. The van der Waals surface area contributed by atoms with Gasteiger partial charge in [-0.3, -0.25) is 14.9 Å². The molecule has 180 valence electrons. The van der Waals surface area contributed by atoms with Crippen LogP contribution in [0.15, 0.2) is 72.8 Å². The van der Waals surface area contributed by atoms with Crippen LogP contribution < -0.4 is 5.32 Å². The summed E-state index contributed by atoms with van der Waals surface area (Å²) < 4.78 is 5.61. The van der Waals surface area contributed by atoms with Crippen molar-refractivity contribution in [1.29, 1.82) is 0 Å². The molecule has 0 heterocycles. The second-order valence-electron chi connectivity index (χ2n) is 8.57. The number of ether oxygens (including phenoxy) is 1. The summed E-state index contributed by atoms with van der Waals surface area (Å²) in [7, 11) is 1.66. The van der Waals surface area contributed by atoms with E-state index in [2.05, 4.69) is 29.6 Å². The van der Waals surface area contributed by atoms with Crippen molar-refractivity contribution in [2.75, 3.05) is 25.5 Å². The van der Waals surface area contributed by atoms with Gasteiger partial charge in [-0.15, -0.1) is 0 Å². The lowest BCUT2D eigenvalue weighted by molar-refractivity contribution is -0.137. The topological polar surface area (TPSA) is 95.9 Å². The number of aliphatic carboxylic acids is 1. The van der Waals surface area contributed by atoms with Crippen molar-refractivity contribution in [2.24, 2.45) is 0 Å². The summed E-state index contributed by atoms with van der Waals surface area (Å²) in [5.41, 5.74) is 5.27. The van der Waals surface area contributed by atoms with E-state index in [-0.39, 0.29) is 24.9 Å². The summed E-state index contributed by atoms with van der Waals surface area (Å²) in [5.74, 6) is -1.16. The molecule has 0 saturated heterocycles. The van der Waals surface area contributed by atoms with Crippen LogP contribution in [-0.2, 0) is 9.53 Å². The highest BCUT2D eigenvalue weighted by molar-refractivity contribution is 6.02. The van der Waals surface area contributed by atoms with Gasteiger partial charge < -0.3 is 14.7 Å². The summed E-state index contributed by atoms with van der Waals surface area (Å²) >= 11 is 0. The fourth-order valence-corrected chi connectivity index (χ4v) is 4.46. The minimum atomic E-state index is -0.850. The molecule has 1 aliphatic rings. The van der Waals surface area contributed by atoms with Gasteiger partial charge in [0, 0.05) is 25.9 Å². The summed E-state index contributed by atoms with van der Waals surface area (Å²) in [4.78, 5) is 37.8. The van der Waals surface area contributed by atoms with Gasteiger partial charge in [0.05, 0.1) is 11.3 Å². The molecule has 0 bridgehead atoms. The molecule has 0 aliphatic heterocycles. The van der Waals surface area contributed by atoms with Crippen LogP contribution in [0.1, 0.15) is 46.7 Å². The van der Waals surface area contributed by atoms with Crippen LogP contribution in [-0.4, -0.2) is 48.2 Å². The molecule has 2 N–H and O–H groups in total. The zero-order valence-corrected chi connectivity index (χ0v) is 19.6. The van der Waals surface area contributed by atoms with Gasteiger partial charge in [-0.05, 0) is 47.2 Å². The lowest BCUT2D eigenvalue weighted by Crippen LogP contribution is -2.29. The van der Waals surface area contributed by atoms with Gasteiger partial charge in [0.1, 0.15) is 6.61 Å². The molecular formula is C28H28N2O5. The zero-order valence-electron chi connectivity index (χ0n) is 19.6. The fraction of sp³-hybridized carbons (Fsp3) is 0.250. The van der Waals surface area contributed by atoms with Crippen molar-refractivity contribution in [1.82, 2.24) is 4.90 Å². The number of fused-ring (bicyclic) bond motifs is 3. The number of nitrogens with one attached hydrogen (secondary N) is 1. The van der Waals surface area contributed by atoms with Crippen molar-refractivity contribution in [2.45, 2.75) is 25.2 Å². The van der Waals surface area contributed by atoms with Crippen molar-refractivity contribution in [3.8, 4) is 11.1 Å².